The Balaban J connectivity index is 1.00. The first-order chi connectivity index (χ1) is 18.9. The van der Waals surface area contributed by atoms with Crippen LogP contribution in [0.25, 0.3) is 11.4 Å². The molecule has 10 nitrogen and oxygen atoms in total. The summed E-state index contributed by atoms with van der Waals surface area (Å²) < 4.78 is 6.21. The molecule has 1 atom stereocenters. The fourth-order valence-electron chi connectivity index (χ4n) is 5.67. The van der Waals surface area contributed by atoms with Gasteiger partial charge in [0.2, 0.25) is 5.95 Å². The van der Waals surface area contributed by atoms with Crippen LogP contribution in [0.5, 0.6) is 0 Å². The van der Waals surface area contributed by atoms with Crippen LogP contribution in [0.2, 0.25) is 0 Å². The molecule has 0 spiro atoms. The van der Waals surface area contributed by atoms with Crippen LogP contribution in [-0.4, -0.2) is 62.3 Å². The second-order valence-corrected chi connectivity index (χ2v) is 12.0. The normalized spacial score (nSPS) is 20.6. The summed E-state index contributed by atoms with van der Waals surface area (Å²) >= 11 is 1.52. The number of benzene rings is 1. The molecule has 3 aliphatic rings. The number of piperidine rings is 1. The SMILES string of the molecule is CC1(C)Cc2cnc(N)nc2-c2[nH]nc(C(=O)NC3NC(COC4CCN(Cc5ccccc5)CC4)=CS3)c21. The monoisotopic (exact) mass is 546 g/mol. The number of aromatic amines is 1. The summed E-state index contributed by atoms with van der Waals surface area (Å²) in [7, 11) is 0. The van der Waals surface area contributed by atoms with Gasteiger partial charge in [0, 0.05) is 37.1 Å². The van der Waals surface area contributed by atoms with Gasteiger partial charge in [0.15, 0.2) is 11.2 Å². The van der Waals surface area contributed by atoms with Crippen molar-refractivity contribution in [1.29, 1.82) is 0 Å². The number of fused-ring (bicyclic) bond motifs is 3. The Bertz CT molecular complexity index is 1380. The van der Waals surface area contributed by atoms with E-state index in [4.69, 9.17) is 10.5 Å². The first-order valence-electron chi connectivity index (χ1n) is 13.4. The van der Waals surface area contributed by atoms with Crippen LogP contribution < -0.4 is 16.4 Å². The van der Waals surface area contributed by atoms with Crippen LogP contribution in [0, 0.1) is 0 Å². The Morgan fingerprint density at radius 2 is 2.05 bits per heavy atom. The molecular weight excluding hydrogens is 512 g/mol. The molecule has 4 heterocycles. The van der Waals surface area contributed by atoms with E-state index in [1.54, 1.807) is 6.20 Å². The number of nitrogens with two attached hydrogens (primary N) is 1. The number of hydrogen-bond donors (Lipinski definition) is 4. The summed E-state index contributed by atoms with van der Waals surface area (Å²) in [6.45, 7) is 7.76. The third kappa shape index (κ3) is 5.52. The molecule has 1 amide bonds. The number of amides is 1. The van der Waals surface area contributed by atoms with E-state index in [0.29, 0.717) is 24.4 Å². The number of rotatable bonds is 7. The number of thioether (sulfide) groups is 1. The topological polar surface area (TPSA) is 134 Å². The van der Waals surface area contributed by atoms with Crippen LogP contribution in [0.1, 0.15) is 53.9 Å². The predicted molar refractivity (Wildman–Crippen MR) is 152 cm³/mol. The third-order valence-corrected chi connectivity index (χ3v) is 8.52. The number of H-pyrrole nitrogens is 1. The number of carbonyl (C=O) groups is 1. The van der Waals surface area contributed by atoms with E-state index in [-0.39, 0.29) is 28.9 Å². The number of aromatic nitrogens is 4. The molecule has 1 aromatic carbocycles. The summed E-state index contributed by atoms with van der Waals surface area (Å²) in [5.41, 5.74) is 11.2. The van der Waals surface area contributed by atoms with Crippen molar-refractivity contribution in [2.24, 2.45) is 0 Å². The first-order valence-corrected chi connectivity index (χ1v) is 14.3. The molecule has 1 fully saturated rings. The second kappa shape index (κ2) is 10.6. The van der Waals surface area contributed by atoms with Crippen molar-refractivity contribution in [3.63, 3.8) is 0 Å². The second-order valence-electron chi connectivity index (χ2n) is 11.0. The summed E-state index contributed by atoms with van der Waals surface area (Å²) in [6, 6.07) is 10.6. The molecular formula is C28H34N8O2S. The fraction of sp³-hybridized carbons (Fsp3) is 0.429. The summed E-state index contributed by atoms with van der Waals surface area (Å²) in [5, 5.41) is 15.9. The van der Waals surface area contributed by atoms with Gasteiger partial charge >= 0.3 is 0 Å². The molecule has 2 aromatic heterocycles. The van der Waals surface area contributed by atoms with Crippen molar-refractivity contribution in [2.45, 2.75) is 56.7 Å². The van der Waals surface area contributed by atoms with Gasteiger partial charge in [0.05, 0.1) is 24.1 Å². The molecule has 39 heavy (non-hydrogen) atoms. The maximum Gasteiger partial charge on any atom is 0.274 e. The van der Waals surface area contributed by atoms with Crippen LogP contribution in [0.15, 0.2) is 47.6 Å². The molecule has 5 N–H and O–H groups in total. The predicted octanol–water partition coefficient (Wildman–Crippen LogP) is 3.16. The Morgan fingerprint density at radius 1 is 1.26 bits per heavy atom. The van der Waals surface area contributed by atoms with Gasteiger partial charge in [-0.05, 0) is 41.2 Å². The van der Waals surface area contributed by atoms with Crippen molar-refractivity contribution < 1.29 is 9.53 Å². The molecule has 1 unspecified atom stereocenters. The van der Waals surface area contributed by atoms with E-state index >= 15 is 0 Å². The molecule has 204 valence electrons. The number of nitrogens with zero attached hydrogens (tertiary/aromatic N) is 4. The smallest absolute Gasteiger partial charge is 0.274 e. The number of nitrogen functional groups attached to an aromatic ring is 1. The number of hydrogen-bond acceptors (Lipinski definition) is 9. The zero-order valence-electron chi connectivity index (χ0n) is 22.2. The molecule has 2 aliphatic heterocycles. The van der Waals surface area contributed by atoms with Gasteiger partial charge < -0.3 is 21.1 Å². The fourth-order valence-corrected chi connectivity index (χ4v) is 6.50. The summed E-state index contributed by atoms with van der Waals surface area (Å²) in [6.07, 6.45) is 4.74. The van der Waals surface area contributed by atoms with Gasteiger partial charge in [-0.15, -0.1) is 0 Å². The molecule has 3 aromatic rings. The molecule has 0 radical (unpaired) electrons. The number of carbonyl (C=O) groups excluding carboxylic acids is 1. The van der Waals surface area contributed by atoms with E-state index in [0.717, 1.165) is 55.0 Å². The van der Waals surface area contributed by atoms with Crippen LogP contribution >= 0.6 is 11.8 Å². The minimum absolute atomic E-state index is 0.199. The highest BCUT2D eigenvalue weighted by Gasteiger charge is 2.39. The largest absolute Gasteiger partial charge is 0.372 e. The van der Waals surface area contributed by atoms with Crippen LogP contribution in [0.3, 0.4) is 0 Å². The van der Waals surface area contributed by atoms with Gasteiger partial charge in [0.1, 0.15) is 0 Å². The van der Waals surface area contributed by atoms with Crippen LogP contribution in [-0.2, 0) is 23.1 Å². The molecule has 1 aliphatic carbocycles. The summed E-state index contributed by atoms with van der Waals surface area (Å²) in [4.78, 5) is 24.3. The average molecular weight is 547 g/mol. The van der Waals surface area contributed by atoms with Gasteiger partial charge in [-0.25, -0.2) is 9.97 Å². The summed E-state index contributed by atoms with van der Waals surface area (Å²) in [5.74, 6) is -0.0393. The average Bonchev–Trinajstić information content (AvgIpc) is 3.58. The molecule has 0 saturated carbocycles. The number of likely N-dealkylation sites (tertiary alicyclic amines) is 1. The lowest BCUT2D eigenvalue weighted by atomic mass is 9.73. The maximum absolute atomic E-state index is 13.3. The number of anilines is 1. The van der Waals surface area contributed by atoms with Crippen LogP contribution in [0.4, 0.5) is 5.95 Å². The van der Waals surface area contributed by atoms with E-state index < -0.39 is 0 Å². The van der Waals surface area contributed by atoms with E-state index in [2.05, 4.69) is 79.9 Å². The van der Waals surface area contributed by atoms with E-state index in [1.165, 1.54) is 17.3 Å². The Labute approximate surface area is 232 Å². The van der Waals surface area contributed by atoms with Crippen molar-refractivity contribution in [3.05, 3.63) is 70.0 Å². The number of ether oxygens (including phenoxy) is 1. The quantitative estimate of drug-likeness (QED) is 0.353. The highest BCUT2D eigenvalue weighted by molar-refractivity contribution is 8.02. The van der Waals surface area contributed by atoms with Gasteiger partial charge in [0.25, 0.3) is 5.91 Å². The first kappa shape index (κ1) is 25.8. The Hall–Kier alpha value is -3.41. The third-order valence-electron chi connectivity index (χ3n) is 7.59. The zero-order valence-corrected chi connectivity index (χ0v) is 23.1. The van der Waals surface area contributed by atoms with E-state index in [1.807, 2.05) is 5.41 Å². The molecule has 1 saturated heterocycles. The standard InChI is InChI=1S/C28H34N8O2S/c1-28(2)12-18-13-30-26(29)32-22(18)23-21(28)24(35-34-23)25(37)33-27-31-19(16-39-27)15-38-20-8-10-36(11-9-20)14-17-6-4-3-5-7-17/h3-7,13,16,20,27,31H,8-12,14-15H2,1-2H3,(H,33,37)(H,34,35)(H2,29,30,32). The molecule has 6 rings (SSSR count). The van der Waals surface area contributed by atoms with Crippen molar-refractivity contribution in [3.8, 4) is 11.4 Å². The van der Waals surface area contributed by atoms with Gasteiger partial charge in [-0.2, -0.15) is 5.10 Å². The minimum atomic E-state index is -0.314. The lowest BCUT2D eigenvalue weighted by Gasteiger charge is -2.32. The van der Waals surface area contributed by atoms with Gasteiger partial charge in [-0.1, -0.05) is 55.9 Å². The minimum Gasteiger partial charge on any atom is -0.372 e. The highest BCUT2D eigenvalue weighted by Crippen LogP contribution is 2.42. The Morgan fingerprint density at radius 3 is 2.85 bits per heavy atom. The highest BCUT2D eigenvalue weighted by atomic mass is 32.2. The van der Waals surface area contributed by atoms with E-state index in [9.17, 15) is 4.79 Å². The lowest BCUT2D eigenvalue weighted by molar-refractivity contribution is 0.0155. The van der Waals surface area contributed by atoms with Crippen molar-refractivity contribution in [1.82, 2.24) is 35.7 Å². The van der Waals surface area contributed by atoms with Crippen molar-refractivity contribution >= 4 is 23.6 Å². The van der Waals surface area contributed by atoms with Gasteiger partial charge in [-0.3, -0.25) is 14.8 Å². The molecule has 11 heteroatoms. The zero-order chi connectivity index (χ0) is 27.0. The maximum atomic E-state index is 13.3. The van der Waals surface area contributed by atoms with Crippen molar-refractivity contribution in [2.75, 3.05) is 25.4 Å². The number of nitrogens with one attached hydrogen (secondary N) is 3. The molecule has 0 bridgehead atoms. The Kier molecular flexibility index (Phi) is 7.05. The lowest BCUT2D eigenvalue weighted by Crippen LogP contribution is -2.42.